The van der Waals surface area contributed by atoms with E-state index in [1.807, 2.05) is 20.9 Å². The number of nitrogen functional groups attached to an aromatic ring is 1. The van der Waals surface area contributed by atoms with Crippen molar-refractivity contribution in [2.75, 3.05) is 5.73 Å². The van der Waals surface area contributed by atoms with Gasteiger partial charge in [-0.2, -0.15) is 10.4 Å². The van der Waals surface area contributed by atoms with Gasteiger partial charge in [0.2, 0.25) is 0 Å². The third-order valence-electron chi connectivity index (χ3n) is 2.80. The lowest BCUT2D eigenvalue weighted by atomic mass is 10.2. The van der Waals surface area contributed by atoms with Gasteiger partial charge < -0.3 is 10.5 Å². The predicted octanol–water partition coefficient (Wildman–Crippen LogP) is 2.28. The second-order valence-electron chi connectivity index (χ2n) is 4.09. The maximum Gasteiger partial charge on any atom is 0.171 e. The number of hydrogen-bond acceptors (Lipinski definition) is 4. The summed E-state index contributed by atoms with van der Waals surface area (Å²) in [5.41, 5.74) is 8.55. The highest BCUT2D eigenvalue weighted by molar-refractivity contribution is 5.57. The van der Waals surface area contributed by atoms with E-state index in [0.717, 1.165) is 11.4 Å². The first kappa shape index (κ1) is 12.0. The topological polar surface area (TPSA) is 76.9 Å². The molecule has 0 unspecified atom stereocenters. The normalized spacial score (nSPS) is 10.1. The molecule has 0 fully saturated rings. The van der Waals surface area contributed by atoms with Crippen molar-refractivity contribution in [2.45, 2.75) is 13.8 Å². The standard InChI is InChI=1S/C13H14N4O/c1-8-13(9(2)17(3)16-8)18-12-6-10(7-14)4-5-11(12)15/h4-6H,15H2,1-3H3. The number of nitrogens with zero attached hydrogens (tertiary/aromatic N) is 3. The van der Waals surface area contributed by atoms with Gasteiger partial charge in [-0.25, -0.2) is 0 Å². The molecule has 0 amide bonds. The number of nitriles is 1. The highest BCUT2D eigenvalue weighted by atomic mass is 16.5. The summed E-state index contributed by atoms with van der Waals surface area (Å²) in [5.74, 6) is 1.16. The van der Waals surface area contributed by atoms with E-state index < -0.39 is 0 Å². The Morgan fingerprint density at radius 1 is 1.39 bits per heavy atom. The molecule has 2 rings (SSSR count). The van der Waals surface area contributed by atoms with Crippen LogP contribution in [0.1, 0.15) is 17.0 Å². The van der Waals surface area contributed by atoms with Crippen molar-refractivity contribution in [2.24, 2.45) is 7.05 Å². The van der Waals surface area contributed by atoms with Gasteiger partial charge in [0.15, 0.2) is 11.5 Å². The highest BCUT2D eigenvalue weighted by Gasteiger charge is 2.13. The van der Waals surface area contributed by atoms with Crippen LogP contribution in [0.4, 0.5) is 5.69 Å². The van der Waals surface area contributed by atoms with E-state index in [-0.39, 0.29) is 0 Å². The van der Waals surface area contributed by atoms with Crippen molar-refractivity contribution >= 4 is 5.69 Å². The molecule has 5 nitrogen and oxygen atoms in total. The van der Waals surface area contributed by atoms with Gasteiger partial charge in [-0.3, -0.25) is 4.68 Å². The number of ether oxygens (including phenoxy) is 1. The largest absolute Gasteiger partial charge is 0.451 e. The van der Waals surface area contributed by atoms with Crippen LogP contribution in [0.3, 0.4) is 0 Å². The fourth-order valence-electron chi connectivity index (χ4n) is 1.70. The van der Waals surface area contributed by atoms with E-state index in [1.165, 1.54) is 0 Å². The zero-order chi connectivity index (χ0) is 13.3. The Kier molecular flexibility index (Phi) is 2.94. The molecule has 0 spiro atoms. The van der Waals surface area contributed by atoms with Crippen LogP contribution in [0.15, 0.2) is 18.2 Å². The summed E-state index contributed by atoms with van der Waals surface area (Å²) < 4.78 is 7.52. The van der Waals surface area contributed by atoms with Crippen LogP contribution in [0.5, 0.6) is 11.5 Å². The Morgan fingerprint density at radius 2 is 2.11 bits per heavy atom. The second-order valence-corrected chi connectivity index (χ2v) is 4.09. The molecule has 0 aliphatic rings. The Bertz CT molecular complexity index is 637. The van der Waals surface area contributed by atoms with Gasteiger partial charge in [0, 0.05) is 13.1 Å². The maximum atomic E-state index is 8.87. The van der Waals surface area contributed by atoms with Gasteiger partial charge >= 0.3 is 0 Å². The third-order valence-corrected chi connectivity index (χ3v) is 2.80. The average molecular weight is 242 g/mol. The SMILES string of the molecule is Cc1nn(C)c(C)c1Oc1cc(C#N)ccc1N. The van der Waals surface area contributed by atoms with Crippen molar-refractivity contribution in [3.8, 4) is 17.6 Å². The predicted molar refractivity (Wildman–Crippen MR) is 68.3 cm³/mol. The number of nitrogens with two attached hydrogens (primary N) is 1. The molecule has 1 heterocycles. The first-order chi connectivity index (χ1) is 8.52. The number of aryl methyl sites for hydroxylation is 2. The summed E-state index contributed by atoms with van der Waals surface area (Å²) in [6, 6.07) is 7.00. The zero-order valence-electron chi connectivity index (χ0n) is 10.6. The van der Waals surface area contributed by atoms with Gasteiger partial charge in [0.1, 0.15) is 5.69 Å². The molecule has 2 aromatic rings. The second kappa shape index (κ2) is 4.41. The Balaban J connectivity index is 2.43. The van der Waals surface area contributed by atoms with E-state index in [1.54, 1.807) is 22.9 Å². The molecule has 5 heteroatoms. The molecule has 0 atom stereocenters. The molecular formula is C13H14N4O. The van der Waals surface area contributed by atoms with Gasteiger partial charge in [0.05, 0.1) is 23.0 Å². The van der Waals surface area contributed by atoms with Crippen LogP contribution < -0.4 is 10.5 Å². The van der Waals surface area contributed by atoms with E-state index in [9.17, 15) is 0 Å². The molecule has 18 heavy (non-hydrogen) atoms. The first-order valence-electron chi connectivity index (χ1n) is 5.50. The van der Waals surface area contributed by atoms with E-state index >= 15 is 0 Å². The first-order valence-corrected chi connectivity index (χ1v) is 5.50. The minimum atomic E-state index is 0.480. The van der Waals surface area contributed by atoms with Crippen LogP contribution in [-0.2, 0) is 7.05 Å². The summed E-state index contributed by atoms with van der Waals surface area (Å²) in [7, 11) is 1.85. The molecule has 0 bridgehead atoms. The number of rotatable bonds is 2. The van der Waals surface area contributed by atoms with Gasteiger partial charge in [-0.15, -0.1) is 0 Å². The molecule has 0 aliphatic carbocycles. The maximum absolute atomic E-state index is 8.87. The van der Waals surface area contributed by atoms with Crippen LogP contribution >= 0.6 is 0 Å². The molecule has 2 N–H and O–H groups in total. The molecule has 1 aromatic heterocycles. The number of benzene rings is 1. The van der Waals surface area contributed by atoms with E-state index in [4.69, 9.17) is 15.7 Å². The van der Waals surface area contributed by atoms with Crippen molar-refractivity contribution in [3.63, 3.8) is 0 Å². The van der Waals surface area contributed by atoms with Gasteiger partial charge in [-0.05, 0) is 26.0 Å². The number of anilines is 1. The van der Waals surface area contributed by atoms with Crippen molar-refractivity contribution in [1.29, 1.82) is 5.26 Å². The molecule has 0 aliphatic heterocycles. The molecule has 1 aromatic carbocycles. The lowest BCUT2D eigenvalue weighted by Crippen LogP contribution is -1.95. The zero-order valence-corrected chi connectivity index (χ0v) is 10.6. The van der Waals surface area contributed by atoms with Crippen molar-refractivity contribution < 1.29 is 4.74 Å². The molecule has 92 valence electrons. The Hall–Kier alpha value is -2.48. The van der Waals surface area contributed by atoms with Crippen molar-refractivity contribution in [3.05, 3.63) is 35.2 Å². The van der Waals surface area contributed by atoms with E-state index in [2.05, 4.69) is 11.2 Å². The highest BCUT2D eigenvalue weighted by Crippen LogP contribution is 2.32. The summed E-state index contributed by atoms with van der Waals surface area (Å²) in [4.78, 5) is 0. The minimum absolute atomic E-state index is 0.480. The van der Waals surface area contributed by atoms with Crippen LogP contribution in [-0.4, -0.2) is 9.78 Å². The van der Waals surface area contributed by atoms with Crippen LogP contribution in [0.2, 0.25) is 0 Å². The smallest absolute Gasteiger partial charge is 0.171 e. The lowest BCUT2D eigenvalue weighted by Gasteiger charge is -2.08. The Morgan fingerprint density at radius 3 is 2.67 bits per heavy atom. The minimum Gasteiger partial charge on any atom is -0.451 e. The summed E-state index contributed by atoms with van der Waals surface area (Å²) in [5, 5.41) is 13.1. The van der Waals surface area contributed by atoms with Crippen LogP contribution in [0.25, 0.3) is 0 Å². The molecule has 0 saturated heterocycles. The monoisotopic (exact) mass is 242 g/mol. The molecule has 0 saturated carbocycles. The lowest BCUT2D eigenvalue weighted by molar-refractivity contribution is 0.476. The number of hydrogen-bond donors (Lipinski definition) is 1. The summed E-state index contributed by atoms with van der Waals surface area (Å²) in [6.45, 7) is 3.78. The quantitative estimate of drug-likeness (QED) is 0.819. The third kappa shape index (κ3) is 2.00. The van der Waals surface area contributed by atoms with Crippen LogP contribution in [0, 0.1) is 25.2 Å². The van der Waals surface area contributed by atoms with Crippen molar-refractivity contribution in [1.82, 2.24) is 9.78 Å². The molecular weight excluding hydrogens is 228 g/mol. The Labute approximate surface area is 105 Å². The average Bonchev–Trinajstić information content (AvgIpc) is 2.58. The summed E-state index contributed by atoms with van der Waals surface area (Å²) >= 11 is 0. The van der Waals surface area contributed by atoms with E-state index in [0.29, 0.717) is 22.7 Å². The fraction of sp³-hybridized carbons (Fsp3) is 0.231. The molecule has 0 radical (unpaired) electrons. The van der Waals surface area contributed by atoms with Gasteiger partial charge in [-0.1, -0.05) is 0 Å². The van der Waals surface area contributed by atoms with Gasteiger partial charge in [0.25, 0.3) is 0 Å². The number of aromatic nitrogens is 2. The summed E-state index contributed by atoms with van der Waals surface area (Å²) in [6.07, 6.45) is 0. The fourth-order valence-corrected chi connectivity index (χ4v) is 1.70.